The summed E-state index contributed by atoms with van der Waals surface area (Å²) in [6.45, 7) is 4.24. The summed E-state index contributed by atoms with van der Waals surface area (Å²) in [5.41, 5.74) is 2.22. The van der Waals surface area contributed by atoms with Crippen LogP contribution < -0.4 is 10.1 Å². The van der Waals surface area contributed by atoms with Gasteiger partial charge in [-0.1, -0.05) is 18.2 Å². The third-order valence-electron chi connectivity index (χ3n) is 4.06. The van der Waals surface area contributed by atoms with Crippen LogP contribution in [0.5, 0.6) is 5.75 Å². The van der Waals surface area contributed by atoms with Crippen LogP contribution in [-0.4, -0.2) is 5.91 Å². The molecule has 0 spiro atoms. The summed E-state index contributed by atoms with van der Waals surface area (Å²) in [4.78, 5) is 12.7. The second-order valence-corrected chi connectivity index (χ2v) is 7.32. The molecule has 7 heteroatoms. The second kappa shape index (κ2) is 8.06. The van der Waals surface area contributed by atoms with Gasteiger partial charge in [-0.2, -0.15) is 13.2 Å². The number of hydrogen-bond donors (Lipinski definition) is 1. The highest BCUT2D eigenvalue weighted by Crippen LogP contribution is 2.31. The Kier molecular flexibility index (Phi) is 5.74. The highest BCUT2D eigenvalue weighted by Gasteiger charge is 2.30. The molecule has 0 atom stereocenters. The minimum Gasteiger partial charge on any atom is -0.489 e. The number of thiophene rings is 1. The van der Waals surface area contributed by atoms with Crippen molar-refractivity contribution in [3.63, 3.8) is 0 Å². The summed E-state index contributed by atoms with van der Waals surface area (Å²) in [6, 6.07) is 12.2. The smallest absolute Gasteiger partial charge is 0.416 e. The molecular weight excluding hydrogens is 387 g/mol. The van der Waals surface area contributed by atoms with Crippen molar-refractivity contribution in [3.05, 3.63) is 81.0 Å². The molecule has 1 heterocycles. The summed E-state index contributed by atoms with van der Waals surface area (Å²) in [5, 5.41) is 4.30. The maximum absolute atomic E-state index is 12.8. The topological polar surface area (TPSA) is 38.3 Å². The summed E-state index contributed by atoms with van der Waals surface area (Å²) >= 11 is 1.21. The fraction of sp³-hybridized carbons (Fsp3) is 0.190. The lowest BCUT2D eigenvalue weighted by molar-refractivity contribution is -0.137. The fourth-order valence-corrected chi connectivity index (χ4v) is 3.35. The third-order valence-corrected chi connectivity index (χ3v) is 5.04. The SMILES string of the molecule is Cc1ccc(C)c(OCc2csc(C(=O)Nc3cccc(C(F)(F)F)c3)c2)c1. The zero-order valence-electron chi connectivity index (χ0n) is 15.3. The Bertz CT molecular complexity index is 995. The van der Waals surface area contributed by atoms with E-state index in [4.69, 9.17) is 4.74 Å². The average Bonchev–Trinajstić information content (AvgIpc) is 3.11. The van der Waals surface area contributed by atoms with E-state index >= 15 is 0 Å². The van der Waals surface area contributed by atoms with Crippen molar-refractivity contribution < 1.29 is 22.7 Å². The molecule has 0 unspecified atom stereocenters. The predicted molar refractivity (Wildman–Crippen MR) is 104 cm³/mol. The molecule has 0 radical (unpaired) electrons. The fourth-order valence-electron chi connectivity index (χ4n) is 2.56. The molecule has 1 amide bonds. The predicted octanol–water partition coefficient (Wildman–Crippen LogP) is 6.22. The summed E-state index contributed by atoms with van der Waals surface area (Å²) in [7, 11) is 0. The van der Waals surface area contributed by atoms with Gasteiger partial charge < -0.3 is 10.1 Å². The van der Waals surface area contributed by atoms with Crippen LogP contribution in [0.1, 0.15) is 31.9 Å². The van der Waals surface area contributed by atoms with Crippen molar-refractivity contribution in [2.24, 2.45) is 0 Å². The van der Waals surface area contributed by atoms with E-state index in [0.29, 0.717) is 11.5 Å². The Balaban J connectivity index is 1.65. The molecule has 0 fully saturated rings. The maximum Gasteiger partial charge on any atom is 0.416 e. The number of aryl methyl sites for hydroxylation is 2. The van der Waals surface area contributed by atoms with Gasteiger partial charge in [-0.25, -0.2) is 0 Å². The number of anilines is 1. The lowest BCUT2D eigenvalue weighted by Gasteiger charge is -2.09. The monoisotopic (exact) mass is 405 g/mol. The molecule has 0 aliphatic rings. The molecule has 0 saturated carbocycles. The van der Waals surface area contributed by atoms with E-state index in [-0.39, 0.29) is 5.69 Å². The van der Waals surface area contributed by atoms with Crippen molar-refractivity contribution in [2.75, 3.05) is 5.32 Å². The van der Waals surface area contributed by atoms with E-state index in [1.54, 1.807) is 11.4 Å². The van der Waals surface area contributed by atoms with E-state index in [1.165, 1.54) is 23.5 Å². The first-order valence-electron chi connectivity index (χ1n) is 8.48. The van der Waals surface area contributed by atoms with Gasteiger partial charge in [0, 0.05) is 11.3 Å². The Hall–Kier alpha value is -2.80. The first-order valence-corrected chi connectivity index (χ1v) is 9.36. The molecule has 1 aromatic heterocycles. The molecule has 0 saturated heterocycles. The van der Waals surface area contributed by atoms with Crippen molar-refractivity contribution in [1.82, 2.24) is 0 Å². The molecule has 0 aliphatic carbocycles. The third kappa shape index (κ3) is 4.92. The van der Waals surface area contributed by atoms with E-state index in [2.05, 4.69) is 5.32 Å². The Morgan fingerprint density at radius 1 is 1.11 bits per heavy atom. The van der Waals surface area contributed by atoms with Crippen LogP contribution in [0.2, 0.25) is 0 Å². The number of hydrogen-bond acceptors (Lipinski definition) is 3. The molecule has 3 rings (SSSR count). The van der Waals surface area contributed by atoms with Crippen LogP contribution in [0.25, 0.3) is 0 Å². The van der Waals surface area contributed by atoms with Gasteiger partial charge in [0.25, 0.3) is 5.91 Å². The summed E-state index contributed by atoms with van der Waals surface area (Å²) in [6.07, 6.45) is -4.46. The van der Waals surface area contributed by atoms with Crippen LogP contribution in [-0.2, 0) is 12.8 Å². The molecular formula is C21H18F3NO2S. The van der Waals surface area contributed by atoms with E-state index in [0.717, 1.165) is 34.6 Å². The van der Waals surface area contributed by atoms with E-state index < -0.39 is 17.6 Å². The van der Waals surface area contributed by atoms with Gasteiger partial charge in [0.1, 0.15) is 12.4 Å². The number of halogens is 3. The van der Waals surface area contributed by atoms with Gasteiger partial charge in [0.15, 0.2) is 0 Å². The van der Waals surface area contributed by atoms with Crippen LogP contribution in [0, 0.1) is 13.8 Å². The molecule has 28 heavy (non-hydrogen) atoms. The standard InChI is InChI=1S/C21H18F3NO2S/c1-13-6-7-14(2)18(8-13)27-11-15-9-19(28-12-15)20(26)25-17-5-3-4-16(10-17)21(22,23)24/h3-10,12H,11H2,1-2H3,(H,25,26). The maximum atomic E-state index is 12.8. The molecule has 3 nitrogen and oxygen atoms in total. The van der Waals surface area contributed by atoms with Gasteiger partial charge in [-0.3, -0.25) is 4.79 Å². The van der Waals surface area contributed by atoms with Gasteiger partial charge in [0.2, 0.25) is 0 Å². The van der Waals surface area contributed by atoms with Gasteiger partial charge in [-0.05, 0) is 60.7 Å². The van der Waals surface area contributed by atoms with Crippen molar-refractivity contribution in [3.8, 4) is 5.75 Å². The number of ether oxygens (including phenoxy) is 1. The number of carbonyl (C=O) groups is 1. The Labute approximate surface area is 164 Å². The van der Waals surface area contributed by atoms with E-state index in [1.807, 2.05) is 32.0 Å². The van der Waals surface area contributed by atoms with Crippen molar-refractivity contribution >= 4 is 22.9 Å². The van der Waals surface area contributed by atoms with E-state index in [9.17, 15) is 18.0 Å². The van der Waals surface area contributed by atoms with Gasteiger partial charge in [0.05, 0.1) is 10.4 Å². The molecule has 1 N–H and O–H groups in total. The van der Waals surface area contributed by atoms with Crippen LogP contribution in [0.3, 0.4) is 0 Å². The highest BCUT2D eigenvalue weighted by molar-refractivity contribution is 7.12. The number of alkyl halides is 3. The zero-order valence-corrected chi connectivity index (χ0v) is 16.1. The Morgan fingerprint density at radius 2 is 1.89 bits per heavy atom. The largest absolute Gasteiger partial charge is 0.489 e. The van der Waals surface area contributed by atoms with Crippen LogP contribution >= 0.6 is 11.3 Å². The first kappa shape index (κ1) is 19.9. The van der Waals surface area contributed by atoms with Crippen molar-refractivity contribution in [1.29, 1.82) is 0 Å². The number of carbonyl (C=O) groups excluding carboxylic acids is 1. The minimum atomic E-state index is -4.46. The first-order chi connectivity index (χ1) is 13.2. The quantitative estimate of drug-likeness (QED) is 0.548. The number of amides is 1. The van der Waals surface area contributed by atoms with Crippen LogP contribution in [0.15, 0.2) is 53.9 Å². The van der Waals surface area contributed by atoms with Gasteiger partial charge in [-0.15, -0.1) is 11.3 Å². The van der Waals surface area contributed by atoms with Crippen LogP contribution in [0.4, 0.5) is 18.9 Å². The summed E-state index contributed by atoms with van der Waals surface area (Å²) in [5.74, 6) is 0.323. The number of benzene rings is 2. The zero-order chi connectivity index (χ0) is 20.3. The highest BCUT2D eigenvalue weighted by atomic mass is 32.1. The molecule has 2 aromatic carbocycles. The molecule has 0 aliphatic heterocycles. The van der Waals surface area contributed by atoms with Gasteiger partial charge >= 0.3 is 6.18 Å². The second-order valence-electron chi connectivity index (χ2n) is 6.41. The molecule has 0 bridgehead atoms. The molecule has 146 valence electrons. The lowest BCUT2D eigenvalue weighted by Crippen LogP contribution is -2.12. The lowest BCUT2D eigenvalue weighted by atomic mass is 10.1. The molecule has 3 aromatic rings. The summed E-state index contributed by atoms with van der Waals surface area (Å²) < 4.78 is 44.2. The van der Waals surface area contributed by atoms with Crippen molar-refractivity contribution in [2.45, 2.75) is 26.6 Å². The average molecular weight is 405 g/mol. The Morgan fingerprint density at radius 3 is 2.64 bits per heavy atom. The minimum absolute atomic E-state index is 0.0985. The number of nitrogens with one attached hydrogen (secondary N) is 1. The number of rotatable bonds is 5. The normalized spacial score (nSPS) is 11.3.